The molecule has 0 fully saturated rings. The van der Waals surface area contributed by atoms with Crippen molar-refractivity contribution in [2.24, 2.45) is 5.10 Å². The Hall–Kier alpha value is -3.84. The van der Waals surface area contributed by atoms with Crippen LogP contribution in [0.5, 0.6) is 11.5 Å². The first-order chi connectivity index (χ1) is 17.9. The molecule has 0 atom stereocenters. The number of hydrogen-bond acceptors (Lipinski definition) is 5. The van der Waals surface area contributed by atoms with Gasteiger partial charge in [-0.1, -0.05) is 71.2 Å². The fourth-order valence-electron chi connectivity index (χ4n) is 3.22. The predicted octanol–water partition coefficient (Wildman–Crippen LogP) is 7.21. The minimum Gasteiger partial charge on any atom is -0.488 e. The molecule has 0 heterocycles. The molecular formula is C28H19Cl3N2O4. The summed E-state index contributed by atoms with van der Waals surface area (Å²) >= 11 is 17.9. The molecule has 6 nitrogen and oxygen atoms in total. The van der Waals surface area contributed by atoms with Gasteiger partial charge in [0.15, 0.2) is 0 Å². The third kappa shape index (κ3) is 7.33. The number of rotatable bonds is 8. The number of hydrazone groups is 1. The van der Waals surface area contributed by atoms with Gasteiger partial charge in [0.2, 0.25) is 0 Å². The van der Waals surface area contributed by atoms with E-state index in [0.717, 1.165) is 5.56 Å². The van der Waals surface area contributed by atoms with E-state index in [2.05, 4.69) is 10.5 Å². The van der Waals surface area contributed by atoms with Crippen molar-refractivity contribution in [2.75, 3.05) is 0 Å². The third-order valence-corrected chi connectivity index (χ3v) is 5.84. The van der Waals surface area contributed by atoms with Gasteiger partial charge in [-0.25, -0.2) is 10.2 Å². The number of ether oxygens (including phenoxy) is 2. The van der Waals surface area contributed by atoms with Crippen LogP contribution in [0.1, 0.15) is 31.8 Å². The molecule has 0 unspecified atom stereocenters. The maximum Gasteiger partial charge on any atom is 0.345 e. The monoisotopic (exact) mass is 552 g/mol. The van der Waals surface area contributed by atoms with Crippen LogP contribution in [0.15, 0.2) is 96.1 Å². The maximum atomic E-state index is 12.7. The second kappa shape index (κ2) is 12.4. The lowest BCUT2D eigenvalue weighted by molar-refractivity contribution is 0.0734. The van der Waals surface area contributed by atoms with Gasteiger partial charge >= 0.3 is 5.97 Å². The van der Waals surface area contributed by atoms with Crippen molar-refractivity contribution in [3.63, 3.8) is 0 Å². The first-order valence-corrected chi connectivity index (χ1v) is 12.1. The number of nitrogens with one attached hydrogen (secondary N) is 1. The molecule has 0 aliphatic rings. The Morgan fingerprint density at radius 1 is 0.811 bits per heavy atom. The van der Waals surface area contributed by atoms with Crippen LogP contribution in [0.3, 0.4) is 0 Å². The zero-order chi connectivity index (χ0) is 26.2. The first kappa shape index (κ1) is 26.2. The molecule has 4 aromatic carbocycles. The molecule has 4 rings (SSSR count). The standard InChI is InChI=1S/C28H19Cl3N2O4/c29-20-10-8-18(9-11-20)17-36-26-7-2-1-6-24(26)27(34)33-32-16-19-4-3-5-22(14-19)37-28(35)23-13-12-21(30)15-25(23)31/h1-16H,17H2,(H,33,34). The molecule has 4 aromatic rings. The number of benzene rings is 4. The van der Waals surface area contributed by atoms with Crippen LogP contribution >= 0.6 is 34.8 Å². The van der Waals surface area contributed by atoms with E-state index in [9.17, 15) is 9.59 Å². The fourth-order valence-corrected chi connectivity index (χ4v) is 3.83. The van der Waals surface area contributed by atoms with Gasteiger partial charge in [-0.2, -0.15) is 5.10 Å². The summed E-state index contributed by atoms with van der Waals surface area (Å²) in [4.78, 5) is 25.2. The van der Waals surface area contributed by atoms with E-state index < -0.39 is 11.9 Å². The highest BCUT2D eigenvalue weighted by Gasteiger charge is 2.14. The van der Waals surface area contributed by atoms with Crippen molar-refractivity contribution in [3.05, 3.63) is 128 Å². The van der Waals surface area contributed by atoms with Gasteiger partial charge in [0.05, 0.1) is 22.4 Å². The number of carbonyl (C=O) groups is 2. The summed E-state index contributed by atoms with van der Waals surface area (Å²) in [7, 11) is 0. The topological polar surface area (TPSA) is 77.0 Å². The third-order valence-electron chi connectivity index (χ3n) is 5.04. The van der Waals surface area contributed by atoms with Crippen molar-refractivity contribution < 1.29 is 19.1 Å². The van der Waals surface area contributed by atoms with Crippen molar-refractivity contribution in [1.29, 1.82) is 0 Å². The van der Waals surface area contributed by atoms with Gasteiger partial charge in [-0.15, -0.1) is 0 Å². The molecule has 1 amide bonds. The Balaban J connectivity index is 1.38. The molecule has 1 N–H and O–H groups in total. The van der Waals surface area contributed by atoms with Crippen LogP contribution in [0.4, 0.5) is 0 Å². The highest BCUT2D eigenvalue weighted by atomic mass is 35.5. The van der Waals surface area contributed by atoms with E-state index in [4.69, 9.17) is 44.3 Å². The fraction of sp³-hybridized carbons (Fsp3) is 0.0357. The minimum absolute atomic E-state index is 0.189. The van der Waals surface area contributed by atoms with E-state index in [1.165, 1.54) is 18.3 Å². The first-order valence-electron chi connectivity index (χ1n) is 11.0. The van der Waals surface area contributed by atoms with Gasteiger partial charge in [0, 0.05) is 10.0 Å². The molecule has 0 aliphatic carbocycles. The van der Waals surface area contributed by atoms with Crippen LogP contribution in [-0.2, 0) is 6.61 Å². The molecule has 0 spiro atoms. The van der Waals surface area contributed by atoms with E-state index in [1.54, 1.807) is 66.7 Å². The molecule has 0 aromatic heterocycles. The Kier molecular flexibility index (Phi) is 8.80. The highest BCUT2D eigenvalue weighted by Crippen LogP contribution is 2.23. The van der Waals surface area contributed by atoms with E-state index in [1.807, 2.05) is 12.1 Å². The van der Waals surface area contributed by atoms with Crippen molar-refractivity contribution in [3.8, 4) is 11.5 Å². The van der Waals surface area contributed by atoms with Crippen LogP contribution in [0.25, 0.3) is 0 Å². The molecule has 0 bridgehead atoms. The number of halogens is 3. The molecule has 9 heteroatoms. The van der Waals surface area contributed by atoms with E-state index in [0.29, 0.717) is 26.9 Å². The lowest BCUT2D eigenvalue weighted by Crippen LogP contribution is -2.18. The smallest absolute Gasteiger partial charge is 0.345 e. The molecule has 0 aliphatic heterocycles. The van der Waals surface area contributed by atoms with Crippen LogP contribution < -0.4 is 14.9 Å². The largest absolute Gasteiger partial charge is 0.488 e. The molecule has 0 saturated carbocycles. The zero-order valence-corrected chi connectivity index (χ0v) is 21.4. The summed E-state index contributed by atoms with van der Waals surface area (Å²) in [6, 6.07) is 25.3. The Morgan fingerprint density at radius 3 is 2.35 bits per heavy atom. The molecular weight excluding hydrogens is 535 g/mol. The van der Waals surface area contributed by atoms with E-state index in [-0.39, 0.29) is 22.9 Å². The molecule has 186 valence electrons. The van der Waals surface area contributed by atoms with Crippen molar-refractivity contribution >= 4 is 52.9 Å². The normalized spacial score (nSPS) is 10.8. The lowest BCUT2D eigenvalue weighted by atomic mass is 10.2. The van der Waals surface area contributed by atoms with Gasteiger partial charge in [-0.05, 0) is 65.7 Å². The zero-order valence-electron chi connectivity index (χ0n) is 19.2. The van der Waals surface area contributed by atoms with Crippen LogP contribution in [0.2, 0.25) is 15.1 Å². The number of para-hydroxylation sites is 1. The summed E-state index contributed by atoms with van der Waals surface area (Å²) in [6.45, 7) is 0.275. The van der Waals surface area contributed by atoms with Gasteiger partial charge in [-0.3, -0.25) is 4.79 Å². The van der Waals surface area contributed by atoms with Gasteiger partial charge in [0.1, 0.15) is 18.1 Å². The highest BCUT2D eigenvalue weighted by molar-refractivity contribution is 6.36. The van der Waals surface area contributed by atoms with Crippen LogP contribution in [0, 0.1) is 0 Å². The SMILES string of the molecule is O=C(Oc1cccc(C=NNC(=O)c2ccccc2OCc2ccc(Cl)cc2)c1)c1ccc(Cl)cc1Cl. The predicted molar refractivity (Wildman–Crippen MR) is 145 cm³/mol. The number of hydrogen-bond donors (Lipinski definition) is 1. The Bertz CT molecular complexity index is 1460. The number of esters is 1. The summed E-state index contributed by atoms with van der Waals surface area (Å²) in [5.41, 5.74) is 4.52. The van der Waals surface area contributed by atoms with Gasteiger partial charge < -0.3 is 9.47 Å². The quantitative estimate of drug-likeness (QED) is 0.108. The number of carbonyl (C=O) groups excluding carboxylic acids is 2. The summed E-state index contributed by atoms with van der Waals surface area (Å²) < 4.78 is 11.2. The molecule has 0 saturated heterocycles. The summed E-state index contributed by atoms with van der Waals surface area (Å²) in [5, 5.41) is 5.26. The maximum absolute atomic E-state index is 12.7. The summed E-state index contributed by atoms with van der Waals surface area (Å²) in [6.07, 6.45) is 1.43. The number of nitrogens with zero attached hydrogens (tertiary/aromatic N) is 1. The van der Waals surface area contributed by atoms with E-state index >= 15 is 0 Å². The minimum atomic E-state index is -0.626. The Labute approximate surface area is 228 Å². The summed E-state index contributed by atoms with van der Waals surface area (Å²) in [5.74, 6) is -0.366. The second-order valence-electron chi connectivity index (χ2n) is 7.70. The average Bonchev–Trinajstić information content (AvgIpc) is 2.88. The second-order valence-corrected chi connectivity index (χ2v) is 8.98. The van der Waals surface area contributed by atoms with Crippen molar-refractivity contribution in [1.82, 2.24) is 5.43 Å². The van der Waals surface area contributed by atoms with Crippen LogP contribution in [-0.4, -0.2) is 18.1 Å². The molecule has 37 heavy (non-hydrogen) atoms. The number of amides is 1. The average molecular weight is 554 g/mol. The Morgan fingerprint density at radius 2 is 1.57 bits per heavy atom. The molecule has 0 radical (unpaired) electrons. The lowest BCUT2D eigenvalue weighted by Gasteiger charge is -2.10. The van der Waals surface area contributed by atoms with Crippen molar-refractivity contribution in [2.45, 2.75) is 6.61 Å². The van der Waals surface area contributed by atoms with Gasteiger partial charge in [0.25, 0.3) is 5.91 Å².